The lowest BCUT2D eigenvalue weighted by Crippen LogP contribution is -2.70. The Hall–Kier alpha value is -3.31. The van der Waals surface area contributed by atoms with Crippen molar-refractivity contribution in [3.63, 3.8) is 0 Å². The summed E-state index contributed by atoms with van der Waals surface area (Å²) in [5, 5.41) is 102. The van der Waals surface area contributed by atoms with Gasteiger partial charge in [-0.2, -0.15) is 0 Å². The summed E-state index contributed by atoms with van der Waals surface area (Å²) >= 11 is 0. The summed E-state index contributed by atoms with van der Waals surface area (Å²) in [6.07, 6.45) is 30.0. The molecule has 0 radical (unpaired) electrons. The van der Waals surface area contributed by atoms with Crippen molar-refractivity contribution in [1.29, 1.82) is 0 Å². The Kier molecular flexibility index (Phi) is 64.5. The van der Waals surface area contributed by atoms with Crippen LogP contribution < -0.4 is 0 Å². The lowest BCUT2D eigenvalue weighted by molar-refractivity contribution is -0.360. The third-order valence-corrected chi connectivity index (χ3v) is 24.0. The molecule has 0 aromatic heterocycles. The largest absolute Gasteiger partial charge is 0.472 e. The molecule has 118 heavy (non-hydrogen) atoms. The quantitative estimate of drug-likeness (QED) is 0.00889. The molecule has 10 N–H and O–H groups in total. The number of hydrogen-bond donors (Lipinski definition) is 10. The van der Waals surface area contributed by atoms with Crippen molar-refractivity contribution in [1.82, 2.24) is 0 Å². The van der Waals surface area contributed by atoms with Gasteiger partial charge in [0.25, 0.3) is 0 Å². The van der Waals surface area contributed by atoms with Crippen LogP contribution in [-0.2, 0) is 70.7 Å². The van der Waals surface area contributed by atoms with Crippen LogP contribution in [0.2, 0.25) is 0 Å². The smallest absolute Gasteiger partial charge is 0.463 e. The minimum Gasteiger partial charge on any atom is -0.463 e. The van der Waals surface area contributed by atoms with Crippen molar-refractivity contribution >= 4 is 31.7 Å². The van der Waals surface area contributed by atoms with Gasteiger partial charge < -0.3 is 88.7 Å². The molecule has 25 nitrogen and oxygen atoms in total. The molecule has 0 amide bonds. The van der Waals surface area contributed by atoms with Crippen LogP contribution in [0.15, 0.2) is 36.5 Å². The van der Waals surface area contributed by atoms with Crippen molar-refractivity contribution < 1.29 is 122 Å². The predicted octanol–water partition coefficient (Wildman–Crippen LogP) is 17.4. The molecular formula is C92H167O25P. The van der Waals surface area contributed by atoms with Gasteiger partial charge in [0, 0.05) is 25.7 Å². The second kappa shape index (κ2) is 69.9. The van der Waals surface area contributed by atoms with E-state index in [9.17, 15) is 74.6 Å². The molecule has 690 valence electrons. The Morgan fingerprint density at radius 2 is 0.686 bits per heavy atom. The summed E-state index contributed by atoms with van der Waals surface area (Å²) in [7, 11) is -5.81. The van der Waals surface area contributed by atoms with Crippen LogP contribution >= 0.6 is 7.82 Å². The van der Waals surface area contributed by atoms with E-state index < -0.39 is 162 Å². The first-order valence-corrected chi connectivity index (χ1v) is 48.6. The van der Waals surface area contributed by atoms with Gasteiger partial charge in [0.15, 0.2) is 24.8 Å². The molecule has 0 spiro atoms. The summed E-state index contributed by atoms with van der Waals surface area (Å²) in [5.74, 6) is -2.33. The van der Waals surface area contributed by atoms with Crippen LogP contribution in [-0.4, -0.2) is 205 Å². The van der Waals surface area contributed by atoms with Crippen LogP contribution in [0.25, 0.3) is 0 Å². The third-order valence-electron chi connectivity index (χ3n) is 23.0. The molecule has 2 aliphatic heterocycles. The van der Waals surface area contributed by atoms with E-state index in [0.29, 0.717) is 44.4 Å². The second-order valence-corrected chi connectivity index (χ2v) is 35.2. The van der Waals surface area contributed by atoms with Gasteiger partial charge in [-0.1, -0.05) is 296 Å². The molecular weight excluding hydrogens is 1540 g/mol. The lowest BCUT2D eigenvalue weighted by atomic mass is 9.84. The standard InChI is InChI=1S/C92H167O25P/c1-6-10-14-18-22-25-28-31-33-36-39-41-44-51-57-63-75(94)108-68-72(111-77(96)65-59-54-48-47-50-56-62-71(5)61-55-49-21-17-13-9-4)69-110-118(106,107)117-90-88(115-91-85(104)81(100)79(98)73(67-93)112-91)84(103)83(102)87(114-78(97)66-60-53-46-43-40-37-34-32-29-26-23-19-15-11-7-2)89(90)116-92-86(105)82(101)80(99)74(113-92)70-109-76(95)64-58-52-45-42-38-35-30-27-24-20-16-12-8-3/h25-26,28-29,35,38,71-74,79-93,98-105H,6-24,27,30-34,36-37,39-70H2,1-5H3,(H,106,107)/b28-25-,29-26-,38-35-. The van der Waals surface area contributed by atoms with Crippen molar-refractivity contribution in [2.24, 2.45) is 5.92 Å². The van der Waals surface area contributed by atoms with Crippen molar-refractivity contribution in [2.45, 2.75) is 492 Å². The molecule has 19 atom stereocenters. The SMILES string of the molecule is CCCCCC/C=C\CCCCCCCCCC(=O)OCC(COP(=O)(O)OC1C(OC2OC(CO)C(O)C(O)C2O)C(O)C(O)C(OC(=O)CCCCCCCCC/C=C\CCCCCC)C1OC1OC(COC(=O)CCCCC/C=C\CCCCCCCC)C(O)C(O)C1O)OC(=O)CCCCCCCCC(C)CCCCCCCC. The Labute approximate surface area is 710 Å². The van der Waals surface area contributed by atoms with Crippen LogP contribution in [0, 0.1) is 5.92 Å². The normalized spacial score (nSPS) is 25.3. The number of carbonyl (C=O) groups excluding carboxylic acids is 4. The van der Waals surface area contributed by atoms with Crippen molar-refractivity contribution in [3.05, 3.63) is 36.5 Å². The molecule has 3 aliphatic rings. The van der Waals surface area contributed by atoms with Crippen LogP contribution in [0.3, 0.4) is 0 Å². The summed E-state index contributed by atoms with van der Waals surface area (Å²) in [6, 6.07) is 0. The lowest BCUT2D eigenvalue weighted by Gasteiger charge is -2.50. The van der Waals surface area contributed by atoms with E-state index >= 15 is 0 Å². The van der Waals surface area contributed by atoms with Crippen LogP contribution in [0.5, 0.6) is 0 Å². The van der Waals surface area contributed by atoms with Crippen LogP contribution in [0.1, 0.15) is 388 Å². The highest BCUT2D eigenvalue weighted by atomic mass is 31.2. The highest BCUT2D eigenvalue weighted by Gasteiger charge is 2.60. The van der Waals surface area contributed by atoms with Crippen molar-refractivity contribution in [3.8, 4) is 0 Å². The summed E-state index contributed by atoms with van der Waals surface area (Å²) < 4.78 is 73.4. The monoisotopic (exact) mass is 1700 g/mol. The van der Waals surface area contributed by atoms with E-state index in [1.807, 2.05) is 0 Å². The third kappa shape index (κ3) is 50.0. The van der Waals surface area contributed by atoms with Gasteiger partial charge in [-0.05, 0) is 109 Å². The first kappa shape index (κ1) is 109. The number of aliphatic hydroxyl groups excluding tert-OH is 9. The fraction of sp³-hybridized carbons (Fsp3) is 0.891. The predicted molar refractivity (Wildman–Crippen MR) is 458 cm³/mol. The number of esters is 4. The maximum absolute atomic E-state index is 14.9. The van der Waals surface area contributed by atoms with Crippen LogP contribution in [0.4, 0.5) is 0 Å². The van der Waals surface area contributed by atoms with Gasteiger partial charge in [0.2, 0.25) is 0 Å². The van der Waals surface area contributed by atoms with Gasteiger partial charge in [0.1, 0.15) is 92.6 Å². The molecule has 0 aromatic rings. The van der Waals surface area contributed by atoms with E-state index in [4.69, 9.17) is 46.9 Å². The maximum Gasteiger partial charge on any atom is 0.472 e. The average Bonchev–Trinajstić information content (AvgIpc) is 0.754. The Bertz CT molecular complexity index is 2610. The van der Waals surface area contributed by atoms with Gasteiger partial charge in [-0.25, -0.2) is 4.57 Å². The van der Waals surface area contributed by atoms with Gasteiger partial charge in [-0.3, -0.25) is 28.2 Å². The minimum atomic E-state index is -5.81. The first-order chi connectivity index (χ1) is 57.1. The fourth-order valence-corrected chi connectivity index (χ4v) is 16.3. The number of ether oxygens (including phenoxy) is 8. The summed E-state index contributed by atoms with van der Waals surface area (Å²) in [5.41, 5.74) is 0. The number of carbonyl (C=O) groups is 4. The van der Waals surface area contributed by atoms with E-state index in [1.54, 1.807) is 0 Å². The van der Waals surface area contributed by atoms with E-state index in [1.165, 1.54) is 135 Å². The molecule has 2 heterocycles. The summed E-state index contributed by atoms with van der Waals surface area (Å²) in [4.78, 5) is 66.5. The Morgan fingerprint density at radius 1 is 0.356 bits per heavy atom. The molecule has 0 bridgehead atoms. The zero-order valence-corrected chi connectivity index (χ0v) is 74.5. The Balaban J connectivity index is 1.93. The zero-order valence-electron chi connectivity index (χ0n) is 73.6. The summed E-state index contributed by atoms with van der Waals surface area (Å²) in [6.45, 7) is 7.86. The molecule has 3 rings (SSSR count). The van der Waals surface area contributed by atoms with Gasteiger partial charge in [0.05, 0.1) is 13.2 Å². The molecule has 19 unspecified atom stereocenters. The number of phosphoric acid groups is 1. The molecule has 2 saturated heterocycles. The van der Waals surface area contributed by atoms with Gasteiger partial charge >= 0.3 is 31.7 Å². The number of unbranched alkanes of at least 4 members (excludes halogenated alkanes) is 41. The van der Waals surface area contributed by atoms with E-state index in [2.05, 4.69) is 71.1 Å². The molecule has 26 heteroatoms. The second-order valence-electron chi connectivity index (χ2n) is 33.8. The molecule has 1 aliphatic carbocycles. The topological polar surface area (TPSA) is 380 Å². The number of hydrogen-bond acceptors (Lipinski definition) is 24. The van der Waals surface area contributed by atoms with E-state index in [-0.39, 0.29) is 25.7 Å². The average molecular weight is 1700 g/mol. The highest BCUT2D eigenvalue weighted by molar-refractivity contribution is 7.47. The number of allylic oxidation sites excluding steroid dienone is 6. The number of phosphoric ester groups is 1. The van der Waals surface area contributed by atoms with Crippen molar-refractivity contribution in [2.75, 3.05) is 26.4 Å². The molecule has 3 fully saturated rings. The maximum atomic E-state index is 14.9. The first-order valence-electron chi connectivity index (χ1n) is 47.1. The minimum absolute atomic E-state index is 0.00786. The number of rotatable bonds is 75. The number of aliphatic hydroxyl groups is 9. The van der Waals surface area contributed by atoms with E-state index in [0.717, 1.165) is 154 Å². The molecule has 1 saturated carbocycles. The Morgan fingerprint density at radius 3 is 1.11 bits per heavy atom. The van der Waals surface area contributed by atoms with Gasteiger partial charge in [-0.15, -0.1) is 0 Å². The highest BCUT2D eigenvalue weighted by Crippen LogP contribution is 2.49. The fourth-order valence-electron chi connectivity index (χ4n) is 15.4. The zero-order chi connectivity index (χ0) is 86.2. The molecule has 0 aromatic carbocycles.